The molecule has 1 aromatic heterocycles. The minimum absolute atomic E-state index is 0.0447. The summed E-state index contributed by atoms with van der Waals surface area (Å²) in [4.78, 5) is 35.9. The highest BCUT2D eigenvalue weighted by atomic mass is 16.6. The van der Waals surface area contributed by atoms with E-state index in [4.69, 9.17) is 23.4 Å². The normalized spacial score (nSPS) is 11.5. The van der Waals surface area contributed by atoms with Crippen molar-refractivity contribution in [1.82, 2.24) is 0 Å². The topological polar surface area (TPSA) is 122 Å². The number of aromatic hydroxyl groups is 1. The van der Waals surface area contributed by atoms with Crippen molar-refractivity contribution in [1.29, 1.82) is 0 Å². The molecule has 156 valence electrons. The summed E-state index contributed by atoms with van der Waals surface area (Å²) in [7, 11) is 3.93. The molecule has 1 heterocycles. The Labute approximate surface area is 166 Å². The van der Waals surface area contributed by atoms with E-state index in [1.54, 1.807) is 0 Å². The summed E-state index contributed by atoms with van der Waals surface area (Å²) in [6.45, 7) is 2.74. The van der Waals surface area contributed by atoms with Crippen molar-refractivity contribution in [2.75, 3.05) is 21.3 Å². The van der Waals surface area contributed by atoms with E-state index in [1.807, 2.05) is 0 Å². The second kappa shape index (κ2) is 9.13. The zero-order valence-electron chi connectivity index (χ0n) is 16.7. The van der Waals surface area contributed by atoms with Crippen molar-refractivity contribution in [3.63, 3.8) is 0 Å². The van der Waals surface area contributed by atoms with Crippen LogP contribution in [-0.4, -0.2) is 38.4 Å². The quantitative estimate of drug-likeness (QED) is 0.545. The number of rotatable bonds is 7. The van der Waals surface area contributed by atoms with Crippen molar-refractivity contribution in [2.24, 2.45) is 0 Å². The number of hydrogen-bond donors (Lipinski definition) is 1. The Bertz CT molecular complexity index is 949. The van der Waals surface area contributed by atoms with Crippen LogP contribution in [0.5, 0.6) is 23.0 Å². The fourth-order valence-electron chi connectivity index (χ4n) is 2.91. The first-order chi connectivity index (χ1) is 13.7. The zero-order chi connectivity index (χ0) is 21.7. The summed E-state index contributed by atoms with van der Waals surface area (Å²) in [5, 5.41) is 10.4. The van der Waals surface area contributed by atoms with Gasteiger partial charge in [0.15, 0.2) is 11.5 Å². The smallest absolute Gasteiger partial charge is 0.343 e. The third kappa shape index (κ3) is 4.87. The van der Waals surface area contributed by atoms with Gasteiger partial charge in [0.2, 0.25) is 5.75 Å². The van der Waals surface area contributed by atoms with Gasteiger partial charge in [0, 0.05) is 18.9 Å². The number of hydrogen-bond acceptors (Lipinski definition) is 9. The number of methoxy groups -OCH3 is 3. The Balaban J connectivity index is 2.73. The first-order valence-electron chi connectivity index (χ1n) is 8.56. The molecule has 0 aliphatic heterocycles. The van der Waals surface area contributed by atoms with Gasteiger partial charge < -0.3 is 28.5 Å². The Kier molecular flexibility index (Phi) is 6.87. The molecule has 29 heavy (non-hydrogen) atoms. The highest BCUT2D eigenvalue weighted by Gasteiger charge is 2.29. The van der Waals surface area contributed by atoms with Gasteiger partial charge in [-0.15, -0.1) is 0 Å². The fraction of sp³-hybridized carbons (Fsp3) is 0.350. The van der Waals surface area contributed by atoms with Crippen LogP contribution < -0.4 is 19.8 Å². The van der Waals surface area contributed by atoms with Gasteiger partial charge in [-0.3, -0.25) is 9.59 Å². The summed E-state index contributed by atoms with van der Waals surface area (Å²) < 4.78 is 25.6. The molecule has 0 aliphatic carbocycles. The molecule has 0 bridgehead atoms. The average Bonchev–Trinajstić information content (AvgIpc) is 2.65. The lowest BCUT2D eigenvalue weighted by molar-refractivity contribution is -0.140. The maximum absolute atomic E-state index is 12.5. The highest BCUT2D eigenvalue weighted by Crippen LogP contribution is 2.43. The van der Waals surface area contributed by atoms with Crippen LogP contribution in [0.2, 0.25) is 0 Å². The fourth-order valence-corrected chi connectivity index (χ4v) is 2.91. The summed E-state index contributed by atoms with van der Waals surface area (Å²) in [5.74, 6) is -1.92. The van der Waals surface area contributed by atoms with Crippen LogP contribution >= 0.6 is 0 Å². The van der Waals surface area contributed by atoms with Crippen LogP contribution in [0, 0.1) is 6.92 Å². The number of aryl methyl sites for hydroxylation is 1. The minimum Gasteiger partial charge on any atom is -0.507 e. The first-order valence-corrected chi connectivity index (χ1v) is 8.56. The molecule has 0 fully saturated rings. The van der Waals surface area contributed by atoms with Gasteiger partial charge in [-0.2, -0.15) is 0 Å². The maximum Gasteiger partial charge on any atom is 0.343 e. The standard InChI is InChI=1S/C20H22O9/c1-10-6-14(22)18(20(24)28-10)13(9-17(23)27-5)12-7-15(25-3)19(29-11(2)21)16(8-12)26-4/h6-8,13,22H,9H2,1-5H3/t13-/m0/s1. The van der Waals surface area contributed by atoms with Crippen molar-refractivity contribution in [2.45, 2.75) is 26.2 Å². The average molecular weight is 406 g/mol. The van der Waals surface area contributed by atoms with Crippen LogP contribution in [-0.2, 0) is 14.3 Å². The largest absolute Gasteiger partial charge is 0.507 e. The molecule has 9 heteroatoms. The van der Waals surface area contributed by atoms with Gasteiger partial charge in [-0.1, -0.05) is 0 Å². The van der Waals surface area contributed by atoms with Gasteiger partial charge in [0.05, 0.1) is 33.3 Å². The van der Waals surface area contributed by atoms with Gasteiger partial charge in [0.25, 0.3) is 0 Å². The minimum atomic E-state index is -0.937. The van der Waals surface area contributed by atoms with E-state index < -0.39 is 23.5 Å². The molecule has 0 radical (unpaired) electrons. The predicted octanol–water partition coefficient (Wildman–Crippen LogP) is 2.29. The van der Waals surface area contributed by atoms with Crippen molar-refractivity contribution in [3.8, 4) is 23.0 Å². The molecule has 0 aliphatic rings. The van der Waals surface area contributed by atoms with Gasteiger partial charge in [-0.05, 0) is 24.6 Å². The van der Waals surface area contributed by atoms with Gasteiger partial charge in [-0.25, -0.2) is 4.79 Å². The van der Waals surface area contributed by atoms with Crippen molar-refractivity contribution in [3.05, 3.63) is 45.5 Å². The number of benzene rings is 1. The monoisotopic (exact) mass is 406 g/mol. The highest BCUT2D eigenvalue weighted by molar-refractivity contribution is 5.74. The number of ether oxygens (including phenoxy) is 4. The lowest BCUT2D eigenvalue weighted by atomic mass is 9.88. The lowest BCUT2D eigenvalue weighted by Gasteiger charge is -2.20. The van der Waals surface area contributed by atoms with Crippen LogP contribution in [0.1, 0.15) is 36.1 Å². The first kappa shape index (κ1) is 21.8. The molecule has 2 rings (SSSR count). The van der Waals surface area contributed by atoms with E-state index >= 15 is 0 Å². The third-order valence-electron chi connectivity index (χ3n) is 4.17. The van der Waals surface area contributed by atoms with Crippen molar-refractivity contribution < 1.29 is 38.1 Å². The summed E-state index contributed by atoms with van der Waals surface area (Å²) in [6, 6.07) is 4.24. The predicted molar refractivity (Wildman–Crippen MR) is 101 cm³/mol. The molecule has 0 saturated heterocycles. The molecule has 0 amide bonds. The third-order valence-corrected chi connectivity index (χ3v) is 4.17. The molecule has 0 spiro atoms. The van der Waals surface area contributed by atoms with E-state index in [0.717, 1.165) is 0 Å². The SMILES string of the molecule is COC(=O)C[C@@H](c1cc(OC)c(OC(C)=O)c(OC)c1)c1c(O)cc(C)oc1=O. The molecule has 9 nitrogen and oxygen atoms in total. The second-order valence-electron chi connectivity index (χ2n) is 6.12. The van der Waals surface area contributed by atoms with Crippen LogP contribution in [0.15, 0.2) is 27.4 Å². The molecule has 2 aromatic rings. The summed E-state index contributed by atoms with van der Waals surface area (Å²) >= 11 is 0. The molecule has 1 aromatic carbocycles. The Morgan fingerprint density at radius 3 is 2.14 bits per heavy atom. The maximum atomic E-state index is 12.5. The number of carbonyl (C=O) groups excluding carboxylic acids is 2. The van der Waals surface area contributed by atoms with Crippen molar-refractivity contribution >= 4 is 11.9 Å². The summed E-state index contributed by atoms with van der Waals surface area (Å²) in [6.07, 6.45) is -0.267. The Morgan fingerprint density at radius 2 is 1.69 bits per heavy atom. The Morgan fingerprint density at radius 1 is 1.10 bits per heavy atom. The number of esters is 2. The molecular weight excluding hydrogens is 384 g/mol. The van der Waals surface area contributed by atoms with E-state index in [0.29, 0.717) is 5.56 Å². The van der Waals surface area contributed by atoms with E-state index in [9.17, 15) is 19.5 Å². The Hall–Kier alpha value is -3.49. The van der Waals surface area contributed by atoms with E-state index in [2.05, 4.69) is 0 Å². The number of carbonyl (C=O) groups is 2. The van der Waals surface area contributed by atoms with Crippen LogP contribution in [0.3, 0.4) is 0 Å². The van der Waals surface area contributed by atoms with Crippen LogP contribution in [0.4, 0.5) is 0 Å². The molecule has 0 saturated carbocycles. The van der Waals surface area contributed by atoms with Crippen LogP contribution in [0.25, 0.3) is 0 Å². The molecule has 1 atom stereocenters. The second-order valence-corrected chi connectivity index (χ2v) is 6.12. The molecule has 1 N–H and O–H groups in total. The zero-order valence-corrected chi connectivity index (χ0v) is 16.7. The van der Waals surface area contributed by atoms with E-state index in [1.165, 1.54) is 53.4 Å². The van der Waals surface area contributed by atoms with Gasteiger partial charge >= 0.3 is 17.6 Å². The summed E-state index contributed by atoms with van der Waals surface area (Å²) in [5.41, 5.74) is -0.532. The molecule has 0 unspecified atom stereocenters. The molecular formula is C20H22O9. The van der Waals surface area contributed by atoms with E-state index in [-0.39, 0.29) is 40.7 Å². The van der Waals surface area contributed by atoms with Gasteiger partial charge in [0.1, 0.15) is 11.5 Å². The lowest BCUT2D eigenvalue weighted by Crippen LogP contribution is -2.18.